The Hall–Kier alpha value is -8.00. The van der Waals surface area contributed by atoms with E-state index in [9.17, 15) is 30.8 Å². The average molecular weight is 1770 g/mol. The number of piperazine rings is 7. The van der Waals surface area contributed by atoms with E-state index in [1.54, 1.807) is 65.2 Å². The second-order valence-electron chi connectivity index (χ2n) is 30.4. The molecular formula is C91H125Cl3F4N16O5S2. The average Bonchev–Trinajstić information content (AvgIpc) is 0.812. The maximum atomic E-state index is 13.1. The second-order valence-corrected chi connectivity index (χ2v) is 34.8. The minimum absolute atomic E-state index is 0.139. The van der Waals surface area contributed by atoms with Gasteiger partial charge in [-0.1, -0.05) is 40.9 Å². The molecule has 0 aromatic heterocycles. The highest BCUT2D eigenvalue weighted by atomic mass is 35.5. The monoisotopic (exact) mass is 1770 g/mol. The Balaban J connectivity index is 0.000000157. The number of ether oxygens (including phenoxy) is 2. The molecular weight excluding hydrogens is 1640 g/mol. The zero-order valence-electron chi connectivity index (χ0n) is 71.5. The highest BCUT2D eigenvalue weighted by Crippen LogP contribution is 2.34. The smallest absolute Gasteiger partial charge is 0.416 e. The zero-order chi connectivity index (χ0) is 86.5. The van der Waals surface area contributed by atoms with Crippen LogP contribution in [-0.2, 0) is 16.2 Å². The van der Waals surface area contributed by atoms with E-state index < -0.39 is 21.8 Å². The number of carbonyl (C=O) groups excluding carboxylic acids is 1. The highest BCUT2D eigenvalue weighted by Gasteiger charge is 2.31. The minimum atomic E-state index is -4.25. The van der Waals surface area contributed by atoms with Gasteiger partial charge in [0, 0.05) is 282 Å². The molecule has 7 N–H and O–H groups in total. The van der Waals surface area contributed by atoms with Crippen LogP contribution in [0.15, 0.2) is 186 Å². The standard InChI is InChI=1S/C13H17NO.C12H19N3O2S.C11H15ClN2O.2C11H15ClN2.C11H13F3N2.C11H15FN2O.C11H16N2S/c1-11(15)12-5-7-13(8-6-12)14-9-3-2-4-10-14;1-14(2)18(16,17)12-5-3-11(4-6-12)15-9-7-13-8-10-15;1-15-11-8-9(12)2-3-10(11)14-6-4-13-5-7-14;1-9-8-14(7-6-13-9)11-4-2-10(12)3-5-11;1-9-8-10(2-3-11(9)12)14-6-4-13-5-7-14;12-11(13,14)9-1-3-10(4-2-9)16-7-5-15-6-8-16;1-15-11-3-2-9(12)8-10(11)14-6-4-13-5-7-14;1-14-11-4-2-3-10(9-11)13-7-5-12-6-8-13/h5-8H,2-4,9-10H2,1H3;3-6,13H,7-10H2,1-2H3;2-3,8,13H,4-7H2,1H3;2-5,9,13H,6-8H2,1H3;2-3,8,13H,4-7H2,1H3;1-4,15H,5-8H2;2-3,8,13H,4-7H2,1H3;2-4,9,12H,5-8H2,1H3/t;;;9-;;;;/m...0..../s1. The van der Waals surface area contributed by atoms with E-state index in [2.05, 4.69) is 150 Å². The van der Waals surface area contributed by atoms with E-state index >= 15 is 0 Å². The highest BCUT2D eigenvalue weighted by molar-refractivity contribution is 7.98. The van der Waals surface area contributed by atoms with Crippen LogP contribution in [0.3, 0.4) is 0 Å². The third-order valence-corrected chi connectivity index (χ3v) is 25.2. The van der Waals surface area contributed by atoms with Crippen LogP contribution in [0, 0.1) is 12.7 Å². The number of ketones is 1. The van der Waals surface area contributed by atoms with Gasteiger partial charge in [-0.25, -0.2) is 17.1 Å². The number of hydrogen-bond acceptors (Lipinski definition) is 21. The molecule has 8 aliphatic rings. The van der Waals surface area contributed by atoms with Crippen molar-refractivity contribution >= 4 is 108 Å². The number of halogens is 7. The summed E-state index contributed by atoms with van der Waals surface area (Å²) in [5.74, 6) is 1.51. The van der Waals surface area contributed by atoms with Crippen LogP contribution in [0.1, 0.15) is 54.6 Å². The first-order valence-electron chi connectivity index (χ1n) is 42.0. The lowest BCUT2D eigenvalue weighted by Gasteiger charge is -2.33. The molecule has 0 saturated carbocycles. The summed E-state index contributed by atoms with van der Waals surface area (Å²) in [5, 5.41) is 25.6. The number of rotatable bonds is 14. The summed E-state index contributed by atoms with van der Waals surface area (Å²) < 4.78 is 85.8. The van der Waals surface area contributed by atoms with Crippen molar-refractivity contribution in [1.29, 1.82) is 0 Å². The van der Waals surface area contributed by atoms with E-state index in [0.717, 1.165) is 257 Å². The van der Waals surface area contributed by atoms with Crippen molar-refractivity contribution < 1.29 is 40.2 Å². The first-order valence-corrected chi connectivity index (χ1v) is 45.8. The molecule has 8 saturated heterocycles. The maximum Gasteiger partial charge on any atom is 0.416 e. The normalized spacial score (nSPS) is 17.6. The summed E-state index contributed by atoms with van der Waals surface area (Å²) in [7, 11) is 3.05. The molecule has 8 aromatic carbocycles. The Morgan fingerprint density at radius 3 is 1.32 bits per heavy atom. The van der Waals surface area contributed by atoms with Gasteiger partial charge < -0.3 is 85.9 Å². The fourth-order valence-corrected chi connectivity index (χ4v) is 16.5. The molecule has 21 nitrogen and oxygen atoms in total. The van der Waals surface area contributed by atoms with Gasteiger partial charge in [-0.05, 0) is 210 Å². The molecule has 16 rings (SSSR count). The Morgan fingerprint density at radius 1 is 0.455 bits per heavy atom. The number of thioether (sulfide) groups is 1. The number of nitrogens with one attached hydrogen (secondary N) is 7. The Labute approximate surface area is 735 Å². The number of aryl methyl sites for hydroxylation is 1. The Kier molecular flexibility index (Phi) is 40.6. The molecule has 660 valence electrons. The van der Waals surface area contributed by atoms with Crippen LogP contribution in [0.5, 0.6) is 11.5 Å². The summed E-state index contributed by atoms with van der Waals surface area (Å²) in [6.45, 7) is 35.1. The lowest BCUT2D eigenvalue weighted by atomic mass is 10.1. The lowest BCUT2D eigenvalue weighted by molar-refractivity contribution is -0.137. The Bertz CT molecular complexity index is 4460. The number of alkyl halides is 3. The number of piperidine rings is 1. The Morgan fingerprint density at radius 2 is 0.868 bits per heavy atom. The molecule has 0 spiro atoms. The SMILES string of the molecule is CC(=O)c1ccc(N2CCCCC2)cc1.CN(C)S(=O)(=O)c1ccc(N2CCNCC2)cc1.COc1cc(Cl)ccc1N1CCNCC1.COc1ccc(F)cc1N1CCNCC1.CSc1cccc(N2CCNCC2)c1.C[C@H]1CN(c2ccc(Cl)cc2)CCN1.Cc1cc(N2CCNCC2)ccc1Cl.FC(F)(F)c1ccc(N2CCNCC2)cc1. The van der Waals surface area contributed by atoms with Gasteiger partial charge in [0.1, 0.15) is 17.3 Å². The zero-order valence-corrected chi connectivity index (χ0v) is 75.4. The quantitative estimate of drug-likeness (QED) is 0.0310. The molecule has 121 heavy (non-hydrogen) atoms. The summed E-state index contributed by atoms with van der Waals surface area (Å²) in [6.07, 6.45) is 1.80. The third-order valence-electron chi connectivity index (χ3n) is 21.7. The van der Waals surface area contributed by atoms with Gasteiger partial charge in [0.15, 0.2) is 5.78 Å². The van der Waals surface area contributed by atoms with Crippen molar-refractivity contribution in [3.63, 3.8) is 0 Å². The molecule has 8 aromatic rings. The second kappa shape index (κ2) is 50.7. The fraction of sp³-hybridized carbons (Fsp3) is 0.462. The van der Waals surface area contributed by atoms with Gasteiger partial charge in [-0.3, -0.25) is 4.79 Å². The largest absolute Gasteiger partial charge is 0.495 e. The summed E-state index contributed by atoms with van der Waals surface area (Å²) in [4.78, 5) is 31.2. The number of Topliss-reactive ketones (excluding diaryl/α,β-unsaturated/α-hetero) is 1. The maximum absolute atomic E-state index is 13.1. The molecule has 8 fully saturated rings. The van der Waals surface area contributed by atoms with E-state index in [1.165, 1.54) is 75.5 Å². The third kappa shape index (κ3) is 31.6. The molecule has 0 bridgehead atoms. The molecule has 0 unspecified atom stereocenters. The van der Waals surface area contributed by atoms with Crippen LogP contribution in [-0.4, -0.2) is 249 Å². The van der Waals surface area contributed by atoms with Crippen molar-refractivity contribution in [2.75, 3.05) is 264 Å². The summed E-state index contributed by atoms with van der Waals surface area (Å²) >= 11 is 19.6. The van der Waals surface area contributed by atoms with Gasteiger partial charge >= 0.3 is 6.18 Å². The van der Waals surface area contributed by atoms with E-state index in [1.807, 2.05) is 67.6 Å². The molecule has 30 heteroatoms. The number of methoxy groups -OCH3 is 2. The first kappa shape index (κ1) is 96.8. The van der Waals surface area contributed by atoms with Crippen molar-refractivity contribution in [3.05, 3.63) is 214 Å². The van der Waals surface area contributed by atoms with Crippen LogP contribution >= 0.6 is 46.6 Å². The van der Waals surface area contributed by atoms with Crippen LogP contribution in [0.2, 0.25) is 15.1 Å². The molecule has 8 heterocycles. The van der Waals surface area contributed by atoms with Crippen LogP contribution < -0.4 is 85.9 Å². The fourth-order valence-electron chi connectivity index (χ4n) is 14.7. The van der Waals surface area contributed by atoms with Crippen LogP contribution in [0.25, 0.3) is 0 Å². The van der Waals surface area contributed by atoms with Crippen molar-refractivity contribution in [2.24, 2.45) is 0 Å². The number of nitrogens with zero attached hydrogens (tertiary/aromatic N) is 9. The molecule has 0 radical (unpaired) electrons. The first-order chi connectivity index (χ1) is 58.4. The number of hydrogen-bond donors (Lipinski definition) is 7. The molecule has 1 atom stereocenters. The van der Waals surface area contributed by atoms with Crippen molar-refractivity contribution in [1.82, 2.24) is 41.5 Å². The van der Waals surface area contributed by atoms with Gasteiger partial charge in [-0.2, -0.15) is 13.2 Å². The number of anilines is 8. The number of sulfonamides is 1. The van der Waals surface area contributed by atoms with Crippen molar-refractivity contribution in [2.45, 2.75) is 62.0 Å². The molecule has 8 aliphatic heterocycles. The topological polar surface area (TPSA) is 183 Å². The molecule has 0 amide bonds. The lowest BCUT2D eigenvalue weighted by Crippen LogP contribution is -2.49. The summed E-state index contributed by atoms with van der Waals surface area (Å²) in [5.41, 5.74) is 10.4. The van der Waals surface area contributed by atoms with Crippen molar-refractivity contribution in [3.8, 4) is 11.5 Å². The minimum Gasteiger partial charge on any atom is -0.495 e. The predicted molar refractivity (Wildman–Crippen MR) is 498 cm³/mol. The summed E-state index contributed by atoms with van der Waals surface area (Å²) in [6, 6.07) is 54.5. The predicted octanol–water partition coefficient (Wildman–Crippen LogP) is 14.4. The van der Waals surface area contributed by atoms with E-state index in [4.69, 9.17) is 44.3 Å². The molecule has 0 aliphatic carbocycles. The van der Waals surface area contributed by atoms with Crippen LogP contribution in [0.4, 0.5) is 63.1 Å². The number of carbonyl (C=O) groups is 1. The number of benzene rings is 8. The van der Waals surface area contributed by atoms with Gasteiger partial charge in [0.05, 0.1) is 36.1 Å². The van der Waals surface area contributed by atoms with Gasteiger partial charge in [0.25, 0.3) is 0 Å². The van der Waals surface area contributed by atoms with E-state index in [0.29, 0.717) is 16.0 Å². The van der Waals surface area contributed by atoms with Gasteiger partial charge in [-0.15, -0.1) is 11.8 Å². The van der Waals surface area contributed by atoms with Gasteiger partial charge in [0.2, 0.25) is 10.0 Å². The van der Waals surface area contributed by atoms with E-state index in [-0.39, 0.29) is 11.6 Å².